The number of benzene rings is 1. The Bertz CT molecular complexity index is 1040. The van der Waals surface area contributed by atoms with Crippen LogP contribution in [0.1, 0.15) is 36.1 Å². The van der Waals surface area contributed by atoms with Crippen LogP contribution in [0.4, 0.5) is 0 Å². The van der Waals surface area contributed by atoms with Crippen LogP contribution in [0.25, 0.3) is 0 Å². The lowest BCUT2D eigenvalue weighted by Crippen LogP contribution is -2.50. The lowest BCUT2D eigenvalue weighted by atomic mass is 9.77. The van der Waals surface area contributed by atoms with Crippen molar-refractivity contribution in [3.8, 4) is 11.6 Å². The van der Waals surface area contributed by atoms with E-state index in [9.17, 15) is 4.79 Å². The number of piperidine rings is 1. The van der Waals surface area contributed by atoms with Crippen molar-refractivity contribution in [2.75, 3.05) is 53.1 Å². The van der Waals surface area contributed by atoms with Crippen molar-refractivity contribution >= 4 is 17.5 Å². The van der Waals surface area contributed by atoms with Crippen LogP contribution in [0.3, 0.4) is 0 Å². The number of carbonyl (C=O) groups excluding carboxylic acids is 1. The van der Waals surface area contributed by atoms with Crippen molar-refractivity contribution < 1.29 is 19.0 Å². The third-order valence-electron chi connectivity index (χ3n) is 7.17. The Morgan fingerprint density at radius 2 is 2.00 bits per heavy atom. The van der Waals surface area contributed by atoms with Crippen LogP contribution in [-0.4, -0.2) is 78.6 Å². The van der Waals surface area contributed by atoms with E-state index in [4.69, 9.17) is 25.8 Å². The molecule has 0 spiro atoms. The number of likely N-dealkylation sites (tertiary alicyclic amines) is 1. The maximum atomic E-state index is 13.4. The van der Waals surface area contributed by atoms with Crippen LogP contribution in [0.2, 0.25) is 5.02 Å². The van der Waals surface area contributed by atoms with E-state index in [1.165, 1.54) is 0 Å². The zero-order valence-electron chi connectivity index (χ0n) is 21.3. The highest BCUT2D eigenvalue weighted by Crippen LogP contribution is 2.37. The van der Waals surface area contributed by atoms with Crippen molar-refractivity contribution in [2.45, 2.75) is 39.7 Å². The number of methoxy groups -OCH3 is 1. The van der Waals surface area contributed by atoms with E-state index in [0.29, 0.717) is 39.3 Å². The highest BCUT2D eigenvalue weighted by atomic mass is 35.5. The molecule has 1 unspecified atom stereocenters. The minimum Gasteiger partial charge on any atom is -0.493 e. The number of rotatable bonds is 8. The fourth-order valence-corrected chi connectivity index (χ4v) is 5.41. The lowest BCUT2D eigenvalue weighted by Gasteiger charge is -2.43. The molecule has 9 heteroatoms. The SMILES string of the molecule is COc1c(CN2CCCC(COc3ccc(Cl)c(C)c3)(CC(=O)N3CCOCC3)C2)c(C)nn1C. The van der Waals surface area contributed by atoms with E-state index in [1.807, 2.05) is 44.0 Å². The molecule has 2 aliphatic heterocycles. The van der Waals surface area contributed by atoms with Crippen molar-refractivity contribution in [1.82, 2.24) is 19.6 Å². The summed E-state index contributed by atoms with van der Waals surface area (Å²) in [6.07, 6.45) is 2.40. The van der Waals surface area contributed by atoms with E-state index >= 15 is 0 Å². The van der Waals surface area contributed by atoms with Crippen LogP contribution in [-0.2, 0) is 23.1 Å². The number of halogens is 1. The van der Waals surface area contributed by atoms with Gasteiger partial charge in [-0.05, 0) is 57.0 Å². The van der Waals surface area contributed by atoms with Gasteiger partial charge in [0.2, 0.25) is 11.8 Å². The smallest absolute Gasteiger partial charge is 0.223 e. The molecule has 1 amide bonds. The molecule has 1 aromatic heterocycles. The molecule has 2 aliphatic rings. The molecule has 0 saturated carbocycles. The number of ether oxygens (including phenoxy) is 3. The maximum Gasteiger partial charge on any atom is 0.223 e. The van der Waals surface area contributed by atoms with Crippen LogP contribution in [0.15, 0.2) is 18.2 Å². The zero-order chi connectivity index (χ0) is 25.0. The second kappa shape index (κ2) is 11.2. The molecule has 2 fully saturated rings. The minimum absolute atomic E-state index is 0.182. The summed E-state index contributed by atoms with van der Waals surface area (Å²) >= 11 is 6.21. The fraction of sp³-hybridized carbons (Fsp3) is 0.615. The molecule has 4 rings (SSSR count). The molecule has 3 heterocycles. The molecular weight excluding hydrogens is 468 g/mol. The summed E-state index contributed by atoms with van der Waals surface area (Å²) in [5, 5.41) is 5.26. The predicted octanol–water partition coefficient (Wildman–Crippen LogP) is 3.61. The van der Waals surface area contributed by atoms with Crippen molar-refractivity contribution in [2.24, 2.45) is 12.5 Å². The van der Waals surface area contributed by atoms with Gasteiger partial charge in [-0.25, -0.2) is 4.68 Å². The zero-order valence-corrected chi connectivity index (χ0v) is 22.1. The summed E-state index contributed by atoms with van der Waals surface area (Å²) in [6.45, 7) is 9.45. The molecule has 0 N–H and O–H groups in total. The second-order valence-electron chi connectivity index (χ2n) is 9.88. The Morgan fingerprint density at radius 1 is 1.23 bits per heavy atom. The van der Waals surface area contributed by atoms with E-state index in [1.54, 1.807) is 11.8 Å². The monoisotopic (exact) mass is 504 g/mol. The van der Waals surface area contributed by atoms with E-state index in [0.717, 1.165) is 65.9 Å². The summed E-state index contributed by atoms with van der Waals surface area (Å²) < 4.78 is 19.2. The standard InChI is InChI=1S/C26H37ClN4O4/c1-19-14-21(6-7-23(19)27)35-18-26(15-24(32)31-10-12-34-13-11-31)8-5-9-30(17-26)16-22-20(2)28-29(3)25(22)33-4/h6-7,14H,5,8-13,15-18H2,1-4H3. The van der Waals surface area contributed by atoms with Crippen molar-refractivity contribution in [1.29, 1.82) is 0 Å². The summed E-state index contributed by atoms with van der Waals surface area (Å²) in [6, 6.07) is 5.73. The summed E-state index contributed by atoms with van der Waals surface area (Å²) in [5.74, 6) is 1.75. The largest absolute Gasteiger partial charge is 0.493 e. The van der Waals surface area contributed by atoms with Gasteiger partial charge in [-0.1, -0.05) is 11.6 Å². The molecule has 0 bridgehead atoms. The van der Waals surface area contributed by atoms with Crippen molar-refractivity contribution in [3.63, 3.8) is 0 Å². The van der Waals surface area contributed by atoms with Crippen LogP contribution in [0, 0.1) is 19.3 Å². The topological polar surface area (TPSA) is 69.1 Å². The molecule has 1 aromatic carbocycles. The number of morpholine rings is 1. The van der Waals surface area contributed by atoms with Crippen LogP contribution >= 0.6 is 11.6 Å². The second-order valence-corrected chi connectivity index (χ2v) is 10.3. The van der Waals surface area contributed by atoms with Gasteiger partial charge in [-0.2, -0.15) is 5.10 Å². The van der Waals surface area contributed by atoms with Gasteiger partial charge in [0.1, 0.15) is 5.75 Å². The first-order chi connectivity index (χ1) is 16.8. The van der Waals surface area contributed by atoms with Crippen molar-refractivity contribution in [3.05, 3.63) is 40.0 Å². The third kappa shape index (κ3) is 6.11. The number of carbonyl (C=O) groups is 1. The Kier molecular flexibility index (Phi) is 8.24. The number of hydrogen-bond acceptors (Lipinski definition) is 6. The summed E-state index contributed by atoms with van der Waals surface area (Å²) in [7, 11) is 3.59. The first-order valence-corrected chi connectivity index (χ1v) is 12.7. The maximum absolute atomic E-state index is 13.4. The van der Waals surface area contributed by atoms with Gasteiger partial charge < -0.3 is 19.1 Å². The molecular formula is C26H37ClN4O4. The van der Waals surface area contributed by atoms with Gasteiger partial charge in [-0.3, -0.25) is 9.69 Å². The molecule has 2 aromatic rings. The molecule has 8 nitrogen and oxygen atoms in total. The Morgan fingerprint density at radius 3 is 2.71 bits per heavy atom. The van der Waals surface area contributed by atoms with Gasteiger partial charge in [0.15, 0.2) is 0 Å². The lowest BCUT2D eigenvalue weighted by molar-refractivity contribution is -0.139. The van der Waals surface area contributed by atoms with Gasteiger partial charge in [-0.15, -0.1) is 0 Å². The van der Waals surface area contributed by atoms with E-state index < -0.39 is 0 Å². The van der Waals surface area contributed by atoms with Gasteiger partial charge in [0.25, 0.3) is 0 Å². The number of nitrogens with zero attached hydrogens (tertiary/aromatic N) is 4. The Hall–Kier alpha value is -2.29. The average molecular weight is 505 g/mol. The molecule has 0 aliphatic carbocycles. The van der Waals surface area contributed by atoms with Crippen LogP contribution in [0.5, 0.6) is 11.6 Å². The highest BCUT2D eigenvalue weighted by molar-refractivity contribution is 6.31. The number of aryl methyl sites for hydroxylation is 3. The minimum atomic E-state index is -0.287. The molecule has 1 atom stereocenters. The van der Waals surface area contributed by atoms with Gasteiger partial charge >= 0.3 is 0 Å². The molecule has 192 valence electrons. The quantitative estimate of drug-likeness (QED) is 0.547. The highest BCUT2D eigenvalue weighted by Gasteiger charge is 2.40. The Labute approximate surface area is 213 Å². The number of hydrogen-bond donors (Lipinski definition) is 0. The third-order valence-corrected chi connectivity index (χ3v) is 7.59. The summed E-state index contributed by atoms with van der Waals surface area (Å²) in [4.78, 5) is 17.7. The Balaban J connectivity index is 1.53. The predicted molar refractivity (Wildman–Crippen MR) is 135 cm³/mol. The summed E-state index contributed by atoms with van der Waals surface area (Å²) in [5.41, 5.74) is 2.76. The van der Waals surface area contributed by atoms with E-state index in [-0.39, 0.29) is 11.3 Å². The fourth-order valence-electron chi connectivity index (χ4n) is 5.29. The van der Waals surface area contributed by atoms with Gasteiger partial charge in [0.05, 0.1) is 38.2 Å². The van der Waals surface area contributed by atoms with E-state index in [2.05, 4.69) is 10.00 Å². The number of amides is 1. The first-order valence-electron chi connectivity index (χ1n) is 12.3. The average Bonchev–Trinajstić information content (AvgIpc) is 3.12. The molecule has 2 saturated heterocycles. The van der Waals surface area contributed by atoms with Gasteiger partial charge in [0, 0.05) is 50.1 Å². The normalized spacial score (nSPS) is 21.2. The first kappa shape index (κ1) is 25.8. The van der Waals surface area contributed by atoms with Crippen LogP contribution < -0.4 is 9.47 Å². The number of aromatic nitrogens is 2. The molecule has 0 radical (unpaired) electrons. The molecule has 35 heavy (non-hydrogen) atoms.